The van der Waals surface area contributed by atoms with Gasteiger partial charge in [-0.15, -0.1) is 0 Å². The highest BCUT2D eigenvalue weighted by Gasteiger charge is 2.38. The minimum atomic E-state index is -4.19. The molecule has 0 saturated carbocycles. The number of carboxylic acid groups (broad SMARTS) is 1. The highest BCUT2D eigenvalue weighted by Crippen LogP contribution is 2.28. The van der Waals surface area contributed by atoms with E-state index in [1.807, 2.05) is 0 Å². The number of carbonyl (C=O) groups is 1. The summed E-state index contributed by atoms with van der Waals surface area (Å²) >= 11 is 0. The molecule has 1 aliphatic rings. The molecule has 1 N–H and O–H groups in total. The third kappa shape index (κ3) is 3.01. The van der Waals surface area contributed by atoms with E-state index in [2.05, 4.69) is 0 Å². The predicted octanol–water partition coefficient (Wildman–Crippen LogP) is 1.46. The van der Waals surface area contributed by atoms with E-state index in [4.69, 9.17) is 9.84 Å². The number of carboxylic acids is 1. The maximum Gasteiger partial charge on any atom is 0.322 e. The highest BCUT2D eigenvalue weighted by atomic mass is 32.2. The third-order valence-corrected chi connectivity index (χ3v) is 5.41. The molecule has 1 atom stereocenters. The molecule has 0 spiro atoms. The maximum atomic E-state index is 14.0. The van der Waals surface area contributed by atoms with Crippen LogP contribution in [0, 0.1) is 5.82 Å². The molecule has 1 fully saturated rings. The average Bonchev–Trinajstić information content (AvgIpc) is 2.46. The van der Waals surface area contributed by atoms with Crippen LogP contribution >= 0.6 is 0 Å². The smallest absolute Gasteiger partial charge is 0.322 e. The summed E-state index contributed by atoms with van der Waals surface area (Å²) in [6.07, 6.45) is 1.42. The van der Waals surface area contributed by atoms with Crippen molar-refractivity contribution in [1.82, 2.24) is 4.31 Å². The van der Waals surface area contributed by atoms with Crippen molar-refractivity contribution in [2.45, 2.75) is 30.2 Å². The van der Waals surface area contributed by atoms with Gasteiger partial charge < -0.3 is 9.84 Å². The fourth-order valence-corrected chi connectivity index (χ4v) is 4.08. The number of halogens is 1. The van der Waals surface area contributed by atoms with Crippen LogP contribution < -0.4 is 4.74 Å². The van der Waals surface area contributed by atoms with Gasteiger partial charge in [-0.3, -0.25) is 4.79 Å². The Morgan fingerprint density at radius 3 is 2.71 bits per heavy atom. The number of piperidine rings is 1. The molecule has 116 valence electrons. The summed E-state index contributed by atoms with van der Waals surface area (Å²) in [5.74, 6) is -1.98. The first kappa shape index (κ1) is 15.7. The molecule has 1 heterocycles. The molecule has 1 aliphatic heterocycles. The first-order chi connectivity index (χ1) is 9.87. The van der Waals surface area contributed by atoms with Crippen molar-refractivity contribution in [2.75, 3.05) is 13.7 Å². The lowest BCUT2D eigenvalue weighted by molar-refractivity contribution is -0.142. The van der Waals surface area contributed by atoms with Gasteiger partial charge in [0, 0.05) is 12.6 Å². The van der Waals surface area contributed by atoms with E-state index in [0.717, 1.165) is 16.4 Å². The largest absolute Gasteiger partial charge is 0.497 e. The summed E-state index contributed by atoms with van der Waals surface area (Å²) in [7, 11) is -2.85. The summed E-state index contributed by atoms with van der Waals surface area (Å²) in [5, 5.41) is 9.15. The molecule has 0 amide bonds. The van der Waals surface area contributed by atoms with Crippen molar-refractivity contribution in [3.63, 3.8) is 0 Å². The molecule has 1 aromatic rings. The van der Waals surface area contributed by atoms with E-state index < -0.39 is 32.7 Å². The van der Waals surface area contributed by atoms with Crippen molar-refractivity contribution in [1.29, 1.82) is 0 Å². The first-order valence-electron chi connectivity index (χ1n) is 6.46. The minimum Gasteiger partial charge on any atom is -0.497 e. The van der Waals surface area contributed by atoms with Crippen LogP contribution in [0.1, 0.15) is 19.3 Å². The molecule has 0 radical (unpaired) electrons. The molecule has 6 nitrogen and oxygen atoms in total. The second-order valence-electron chi connectivity index (χ2n) is 4.76. The number of ether oxygens (including phenoxy) is 1. The standard InChI is InChI=1S/C13H16FNO5S/c1-20-9-5-6-12(10(14)8-9)21(18,19)15-7-3-2-4-11(15)13(16)17/h5-6,8,11H,2-4,7H2,1H3,(H,16,17). The number of hydrogen-bond acceptors (Lipinski definition) is 4. The van der Waals surface area contributed by atoms with E-state index in [9.17, 15) is 17.6 Å². The molecule has 0 aliphatic carbocycles. The molecule has 0 aromatic heterocycles. The van der Waals surface area contributed by atoms with Gasteiger partial charge in [0.1, 0.15) is 22.5 Å². The fourth-order valence-electron chi connectivity index (χ4n) is 2.38. The summed E-state index contributed by atoms with van der Waals surface area (Å²) in [6, 6.07) is 2.24. The lowest BCUT2D eigenvalue weighted by Crippen LogP contribution is -2.48. The van der Waals surface area contributed by atoms with Crippen LogP contribution in [0.25, 0.3) is 0 Å². The number of aliphatic carboxylic acids is 1. The van der Waals surface area contributed by atoms with Gasteiger partial charge in [0.2, 0.25) is 10.0 Å². The number of sulfonamides is 1. The van der Waals surface area contributed by atoms with Crippen LogP contribution in [0.2, 0.25) is 0 Å². The number of rotatable bonds is 4. The summed E-state index contributed by atoms with van der Waals surface area (Å²) in [5.41, 5.74) is 0. The molecule has 8 heteroatoms. The van der Waals surface area contributed by atoms with Gasteiger partial charge in [-0.1, -0.05) is 0 Å². The second-order valence-corrected chi connectivity index (χ2v) is 6.62. The molecule has 0 bridgehead atoms. The first-order valence-corrected chi connectivity index (χ1v) is 7.90. The zero-order valence-electron chi connectivity index (χ0n) is 11.5. The van der Waals surface area contributed by atoms with Gasteiger partial charge in [0.25, 0.3) is 0 Å². The molecule has 1 aromatic carbocycles. The van der Waals surface area contributed by atoms with E-state index in [1.54, 1.807) is 0 Å². The van der Waals surface area contributed by atoms with Crippen molar-refractivity contribution in [3.8, 4) is 5.75 Å². The number of hydrogen-bond donors (Lipinski definition) is 1. The van der Waals surface area contributed by atoms with Crippen LogP contribution in [0.3, 0.4) is 0 Å². The van der Waals surface area contributed by atoms with Gasteiger partial charge in [0.05, 0.1) is 7.11 Å². The van der Waals surface area contributed by atoms with Crippen molar-refractivity contribution in [2.24, 2.45) is 0 Å². The lowest BCUT2D eigenvalue weighted by Gasteiger charge is -2.31. The average molecular weight is 317 g/mol. The monoisotopic (exact) mass is 317 g/mol. The van der Waals surface area contributed by atoms with Crippen molar-refractivity contribution in [3.05, 3.63) is 24.0 Å². The van der Waals surface area contributed by atoms with Crippen molar-refractivity contribution >= 4 is 16.0 Å². The van der Waals surface area contributed by atoms with Crippen LogP contribution in [0.4, 0.5) is 4.39 Å². The van der Waals surface area contributed by atoms with Gasteiger partial charge in [0.15, 0.2) is 0 Å². The Hall–Kier alpha value is -1.67. The SMILES string of the molecule is COc1ccc(S(=O)(=O)N2CCCCC2C(=O)O)c(F)c1. The summed E-state index contributed by atoms with van der Waals surface area (Å²) in [6.45, 7) is 0.0742. The topological polar surface area (TPSA) is 83.9 Å². The molecule has 1 saturated heterocycles. The Kier molecular flexibility index (Phi) is 4.48. The lowest BCUT2D eigenvalue weighted by atomic mass is 10.1. The number of methoxy groups -OCH3 is 1. The number of nitrogens with zero attached hydrogens (tertiary/aromatic N) is 1. The zero-order valence-corrected chi connectivity index (χ0v) is 12.3. The molecular weight excluding hydrogens is 301 g/mol. The maximum absolute atomic E-state index is 14.0. The normalized spacial score (nSPS) is 20.2. The highest BCUT2D eigenvalue weighted by molar-refractivity contribution is 7.89. The summed E-state index contributed by atoms with van der Waals surface area (Å²) in [4.78, 5) is 10.7. The quantitative estimate of drug-likeness (QED) is 0.909. The van der Waals surface area contributed by atoms with E-state index in [0.29, 0.717) is 12.8 Å². The Labute approximate surface area is 122 Å². The third-order valence-electron chi connectivity index (χ3n) is 3.46. The van der Waals surface area contributed by atoms with Crippen molar-refractivity contribution < 1.29 is 27.4 Å². The molecule has 21 heavy (non-hydrogen) atoms. The van der Waals surface area contributed by atoms with Crippen LogP contribution in [0.5, 0.6) is 5.75 Å². The molecule has 1 unspecified atom stereocenters. The second kappa shape index (κ2) is 5.98. The Morgan fingerprint density at radius 2 is 2.14 bits per heavy atom. The Morgan fingerprint density at radius 1 is 1.43 bits per heavy atom. The zero-order chi connectivity index (χ0) is 15.6. The molecular formula is C13H16FNO5S. The van der Waals surface area contributed by atoms with Gasteiger partial charge in [-0.25, -0.2) is 12.8 Å². The number of benzene rings is 1. The minimum absolute atomic E-state index is 0.0742. The van der Waals surface area contributed by atoms with E-state index >= 15 is 0 Å². The van der Waals surface area contributed by atoms with Crippen LogP contribution in [0.15, 0.2) is 23.1 Å². The molecule has 2 rings (SSSR count). The van der Waals surface area contributed by atoms with E-state index in [-0.39, 0.29) is 18.7 Å². The Bertz CT molecular complexity index is 646. The summed E-state index contributed by atoms with van der Waals surface area (Å²) < 4.78 is 44.7. The van der Waals surface area contributed by atoms with Gasteiger partial charge in [-0.05, 0) is 31.4 Å². The Balaban J connectivity index is 2.43. The van der Waals surface area contributed by atoms with Gasteiger partial charge in [-0.2, -0.15) is 4.31 Å². The van der Waals surface area contributed by atoms with E-state index in [1.165, 1.54) is 13.2 Å². The fraction of sp³-hybridized carbons (Fsp3) is 0.462. The predicted molar refractivity (Wildman–Crippen MR) is 72.1 cm³/mol. The van der Waals surface area contributed by atoms with Crippen LogP contribution in [-0.4, -0.2) is 43.5 Å². The van der Waals surface area contributed by atoms with Gasteiger partial charge >= 0.3 is 5.97 Å². The van der Waals surface area contributed by atoms with Crippen LogP contribution in [-0.2, 0) is 14.8 Å².